The van der Waals surface area contributed by atoms with Gasteiger partial charge in [0.1, 0.15) is 17.2 Å². The Morgan fingerprint density at radius 1 is 1.04 bits per heavy atom. The van der Waals surface area contributed by atoms with Crippen LogP contribution in [0.1, 0.15) is 20.3 Å². The van der Waals surface area contributed by atoms with Crippen LogP contribution in [0.2, 0.25) is 0 Å². The summed E-state index contributed by atoms with van der Waals surface area (Å²) in [6.07, 6.45) is 0.296. The second-order valence-corrected chi connectivity index (χ2v) is 5.26. The van der Waals surface area contributed by atoms with Crippen molar-refractivity contribution >= 4 is 24.0 Å². The van der Waals surface area contributed by atoms with E-state index in [-0.39, 0.29) is 24.4 Å². The molecule has 2 rings (SSSR count). The Labute approximate surface area is 148 Å². The molecule has 0 aliphatic rings. The van der Waals surface area contributed by atoms with Crippen molar-refractivity contribution in [1.29, 1.82) is 0 Å². The van der Waals surface area contributed by atoms with Gasteiger partial charge in [-0.3, -0.25) is 4.79 Å². The molecule has 0 spiro atoms. The first-order chi connectivity index (χ1) is 11.1. The first-order valence-corrected chi connectivity index (χ1v) is 7.63. The number of carbonyl (C=O) groups is 1. The van der Waals surface area contributed by atoms with Gasteiger partial charge in [-0.2, -0.15) is 0 Å². The normalized spacial score (nSPS) is 11.1. The molecule has 1 unspecified atom stereocenters. The monoisotopic (exact) mass is 350 g/mol. The van der Waals surface area contributed by atoms with Crippen LogP contribution in [0, 0.1) is 0 Å². The van der Waals surface area contributed by atoms with Gasteiger partial charge in [0.05, 0.1) is 6.61 Å². The standard InChI is InChI=1S/C18H22N2O3.ClH/c1-3-22-15-8-10-17(11-9-15)23-16-6-4-14(5-7-16)20-18(21)12-13(2)19;/h4-11,13H,3,12,19H2,1-2H3,(H,20,21);1H. The highest BCUT2D eigenvalue weighted by molar-refractivity contribution is 5.91. The molecule has 0 bridgehead atoms. The molecule has 6 heteroatoms. The molecule has 0 radical (unpaired) electrons. The summed E-state index contributed by atoms with van der Waals surface area (Å²) in [5.74, 6) is 2.13. The first-order valence-electron chi connectivity index (χ1n) is 7.63. The molecule has 2 aromatic rings. The van der Waals surface area contributed by atoms with Gasteiger partial charge in [0.15, 0.2) is 0 Å². The van der Waals surface area contributed by atoms with E-state index in [9.17, 15) is 4.79 Å². The minimum absolute atomic E-state index is 0. The van der Waals surface area contributed by atoms with E-state index in [0.717, 1.165) is 17.2 Å². The van der Waals surface area contributed by atoms with E-state index >= 15 is 0 Å². The van der Waals surface area contributed by atoms with E-state index in [0.29, 0.717) is 18.8 Å². The molecular weight excluding hydrogens is 328 g/mol. The van der Waals surface area contributed by atoms with Gasteiger partial charge < -0.3 is 20.5 Å². The number of hydrogen-bond donors (Lipinski definition) is 2. The second-order valence-electron chi connectivity index (χ2n) is 5.26. The van der Waals surface area contributed by atoms with Gasteiger partial charge in [0, 0.05) is 18.2 Å². The Bertz CT molecular complexity index is 628. The third-order valence-electron chi connectivity index (χ3n) is 3.02. The van der Waals surface area contributed by atoms with Gasteiger partial charge in [-0.05, 0) is 62.4 Å². The summed E-state index contributed by atoms with van der Waals surface area (Å²) in [4.78, 5) is 11.6. The fourth-order valence-electron chi connectivity index (χ4n) is 2.02. The average molecular weight is 351 g/mol. The van der Waals surface area contributed by atoms with Crippen molar-refractivity contribution in [2.45, 2.75) is 26.3 Å². The summed E-state index contributed by atoms with van der Waals surface area (Å²) in [5, 5.41) is 2.79. The van der Waals surface area contributed by atoms with Crippen LogP contribution in [0.3, 0.4) is 0 Å². The highest BCUT2D eigenvalue weighted by Crippen LogP contribution is 2.25. The summed E-state index contributed by atoms with van der Waals surface area (Å²) in [5.41, 5.74) is 6.31. The van der Waals surface area contributed by atoms with Crippen LogP contribution in [0.5, 0.6) is 17.2 Å². The summed E-state index contributed by atoms with van der Waals surface area (Å²) in [6, 6.07) is 14.5. The number of benzene rings is 2. The van der Waals surface area contributed by atoms with Crippen molar-refractivity contribution in [3.05, 3.63) is 48.5 Å². The minimum Gasteiger partial charge on any atom is -0.494 e. The molecule has 0 saturated heterocycles. The predicted octanol–water partition coefficient (Wildman–Crippen LogP) is 3.98. The van der Waals surface area contributed by atoms with Gasteiger partial charge in [-0.1, -0.05) is 0 Å². The maximum atomic E-state index is 11.6. The summed E-state index contributed by atoms with van der Waals surface area (Å²) >= 11 is 0. The van der Waals surface area contributed by atoms with Crippen LogP contribution in [0.4, 0.5) is 5.69 Å². The van der Waals surface area contributed by atoms with Crippen LogP contribution < -0.4 is 20.5 Å². The molecule has 0 heterocycles. The number of nitrogens with two attached hydrogens (primary N) is 1. The van der Waals surface area contributed by atoms with Crippen molar-refractivity contribution in [2.24, 2.45) is 5.73 Å². The number of anilines is 1. The molecular formula is C18H23ClN2O3. The van der Waals surface area contributed by atoms with Gasteiger partial charge in [0.2, 0.25) is 5.91 Å². The number of carbonyl (C=O) groups excluding carboxylic acids is 1. The lowest BCUT2D eigenvalue weighted by atomic mass is 10.2. The zero-order valence-corrected chi connectivity index (χ0v) is 14.6. The summed E-state index contributed by atoms with van der Waals surface area (Å²) in [6.45, 7) is 4.38. The van der Waals surface area contributed by atoms with Crippen LogP contribution in [0.15, 0.2) is 48.5 Å². The largest absolute Gasteiger partial charge is 0.494 e. The maximum absolute atomic E-state index is 11.6. The Hall–Kier alpha value is -2.24. The third-order valence-corrected chi connectivity index (χ3v) is 3.02. The first kappa shape index (κ1) is 19.8. The van der Waals surface area contributed by atoms with Crippen molar-refractivity contribution in [2.75, 3.05) is 11.9 Å². The number of nitrogens with one attached hydrogen (secondary N) is 1. The fraction of sp³-hybridized carbons (Fsp3) is 0.278. The number of hydrogen-bond acceptors (Lipinski definition) is 4. The molecule has 1 amide bonds. The van der Waals surface area contributed by atoms with Gasteiger partial charge in [-0.15, -0.1) is 12.4 Å². The zero-order chi connectivity index (χ0) is 16.7. The summed E-state index contributed by atoms with van der Waals surface area (Å²) in [7, 11) is 0. The Kier molecular flexibility index (Phi) is 8.09. The molecule has 1 atom stereocenters. The Morgan fingerprint density at radius 2 is 1.54 bits per heavy atom. The topological polar surface area (TPSA) is 73.6 Å². The number of halogens is 1. The molecule has 2 aromatic carbocycles. The lowest BCUT2D eigenvalue weighted by molar-refractivity contribution is -0.116. The van der Waals surface area contributed by atoms with Crippen LogP contribution in [0.25, 0.3) is 0 Å². The lowest BCUT2D eigenvalue weighted by Gasteiger charge is -2.09. The van der Waals surface area contributed by atoms with E-state index in [1.165, 1.54) is 0 Å². The smallest absolute Gasteiger partial charge is 0.225 e. The van der Waals surface area contributed by atoms with E-state index in [1.807, 2.05) is 31.2 Å². The lowest BCUT2D eigenvalue weighted by Crippen LogP contribution is -2.23. The van der Waals surface area contributed by atoms with Crippen LogP contribution in [-0.4, -0.2) is 18.6 Å². The number of amides is 1. The number of ether oxygens (including phenoxy) is 2. The van der Waals surface area contributed by atoms with Gasteiger partial charge >= 0.3 is 0 Å². The van der Waals surface area contributed by atoms with Crippen LogP contribution >= 0.6 is 12.4 Å². The third kappa shape index (κ3) is 6.48. The molecule has 5 nitrogen and oxygen atoms in total. The highest BCUT2D eigenvalue weighted by Gasteiger charge is 2.05. The van der Waals surface area contributed by atoms with Gasteiger partial charge in [0.25, 0.3) is 0 Å². The fourth-order valence-corrected chi connectivity index (χ4v) is 2.02. The maximum Gasteiger partial charge on any atom is 0.225 e. The van der Waals surface area contributed by atoms with Crippen molar-refractivity contribution in [3.8, 4) is 17.2 Å². The van der Waals surface area contributed by atoms with Crippen molar-refractivity contribution < 1.29 is 14.3 Å². The van der Waals surface area contributed by atoms with Gasteiger partial charge in [-0.25, -0.2) is 0 Å². The second kappa shape index (κ2) is 9.80. The van der Waals surface area contributed by atoms with E-state index < -0.39 is 0 Å². The van der Waals surface area contributed by atoms with Crippen molar-refractivity contribution in [3.63, 3.8) is 0 Å². The molecule has 0 aliphatic carbocycles. The minimum atomic E-state index is -0.155. The van der Waals surface area contributed by atoms with Crippen LogP contribution in [-0.2, 0) is 4.79 Å². The molecule has 0 saturated carbocycles. The molecule has 3 N–H and O–H groups in total. The SMILES string of the molecule is CCOc1ccc(Oc2ccc(NC(=O)CC(C)N)cc2)cc1.Cl. The molecule has 130 valence electrons. The Morgan fingerprint density at radius 3 is 2.04 bits per heavy atom. The summed E-state index contributed by atoms with van der Waals surface area (Å²) < 4.78 is 11.1. The zero-order valence-electron chi connectivity index (χ0n) is 13.8. The van der Waals surface area contributed by atoms with E-state index in [4.69, 9.17) is 15.2 Å². The number of rotatable bonds is 7. The average Bonchev–Trinajstić information content (AvgIpc) is 2.51. The van der Waals surface area contributed by atoms with Crippen molar-refractivity contribution in [1.82, 2.24) is 0 Å². The molecule has 0 aliphatic heterocycles. The molecule has 24 heavy (non-hydrogen) atoms. The molecule has 0 aromatic heterocycles. The Balaban J connectivity index is 0.00000288. The predicted molar refractivity (Wildman–Crippen MR) is 98.3 cm³/mol. The van der Waals surface area contributed by atoms with E-state index in [1.54, 1.807) is 31.2 Å². The highest BCUT2D eigenvalue weighted by atomic mass is 35.5. The van der Waals surface area contributed by atoms with E-state index in [2.05, 4.69) is 5.32 Å². The molecule has 0 fully saturated rings. The quantitative estimate of drug-likeness (QED) is 0.792.